The summed E-state index contributed by atoms with van der Waals surface area (Å²) in [5.74, 6) is 0. The summed E-state index contributed by atoms with van der Waals surface area (Å²) in [6.45, 7) is 3.12. The molecule has 0 heterocycles. The highest BCUT2D eigenvalue weighted by Gasteiger charge is 2.18. The molecule has 3 heteroatoms. The van der Waals surface area contributed by atoms with E-state index >= 15 is 0 Å². The Balaban J connectivity index is 3.34. The van der Waals surface area contributed by atoms with Gasteiger partial charge in [0.05, 0.1) is 0 Å². The van der Waals surface area contributed by atoms with Gasteiger partial charge in [0.1, 0.15) is 0 Å². The Hall–Kier alpha value is -0.0500. The van der Waals surface area contributed by atoms with Crippen molar-refractivity contribution in [3.63, 3.8) is 0 Å². The third-order valence-corrected chi connectivity index (χ3v) is 0.573. The molecule has 7 heavy (non-hydrogen) atoms. The van der Waals surface area contributed by atoms with Crippen LogP contribution in [0.1, 0.15) is 6.42 Å². The highest BCUT2D eigenvalue weighted by atomic mass is 32.1. The fraction of sp³-hybridized carbons (Fsp3) is 0.500. The Morgan fingerprint density at radius 2 is 2.14 bits per heavy atom. The SMILES string of the molecule is C=CCC(F)(F)S. The van der Waals surface area contributed by atoms with Gasteiger partial charge < -0.3 is 0 Å². The first-order chi connectivity index (χ1) is 3.06. The maximum atomic E-state index is 11.5. The van der Waals surface area contributed by atoms with Crippen molar-refractivity contribution >= 4 is 12.6 Å². The highest BCUT2D eigenvalue weighted by Crippen LogP contribution is 2.21. The summed E-state index contributed by atoms with van der Waals surface area (Å²) in [5.41, 5.74) is 0. The second kappa shape index (κ2) is 2.31. The van der Waals surface area contributed by atoms with E-state index < -0.39 is 5.25 Å². The van der Waals surface area contributed by atoms with Gasteiger partial charge in [-0.2, -0.15) is 8.78 Å². The Kier molecular flexibility index (Phi) is 2.29. The summed E-state index contributed by atoms with van der Waals surface area (Å²) in [7, 11) is 0. The number of alkyl halides is 2. The second-order valence-corrected chi connectivity index (χ2v) is 1.81. The van der Waals surface area contributed by atoms with E-state index in [4.69, 9.17) is 0 Å². The average molecular weight is 124 g/mol. The summed E-state index contributed by atoms with van der Waals surface area (Å²) in [4.78, 5) is 0. The minimum Gasteiger partial charge on any atom is -0.194 e. The first kappa shape index (κ1) is 6.95. The molecule has 0 aromatic carbocycles. The standard InChI is InChI=1S/C4H6F2S/c1-2-3-4(5,6)7/h2,7H,1,3H2. The van der Waals surface area contributed by atoms with Crippen LogP contribution < -0.4 is 0 Å². The highest BCUT2D eigenvalue weighted by molar-refractivity contribution is 7.81. The molecule has 0 bridgehead atoms. The predicted molar refractivity (Wildman–Crippen MR) is 28.7 cm³/mol. The molecule has 0 aliphatic heterocycles. The monoisotopic (exact) mass is 124 g/mol. The topological polar surface area (TPSA) is 0 Å². The second-order valence-electron chi connectivity index (χ2n) is 1.16. The van der Waals surface area contributed by atoms with Gasteiger partial charge in [0.25, 0.3) is 5.25 Å². The van der Waals surface area contributed by atoms with Crippen LogP contribution in [0.15, 0.2) is 12.7 Å². The Morgan fingerprint density at radius 3 is 2.14 bits per heavy atom. The zero-order valence-corrected chi connectivity index (χ0v) is 4.59. The van der Waals surface area contributed by atoms with E-state index in [-0.39, 0.29) is 6.42 Å². The molecule has 0 radical (unpaired) electrons. The first-order valence-corrected chi connectivity index (χ1v) is 2.22. The largest absolute Gasteiger partial charge is 0.294 e. The summed E-state index contributed by atoms with van der Waals surface area (Å²) in [5, 5.41) is -2.87. The van der Waals surface area contributed by atoms with Crippen LogP contribution in [0.2, 0.25) is 0 Å². The zero-order valence-electron chi connectivity index (χ0n) is 3.69. The van der Waals surface area contributed by atoms with Crippen LogP contribution in [-0.4, -0.2) is 5.25 Å². The molecule has 0 atom stereocenters. The molecule has 0 aromatic rings. The number of hydrogen-bond acceptors (Lipinski definition) is 1. The summed E-state index contributed by atoms with van der Waals surface area (Å²) >= 11 is 2.93. The van der Waals surface area contributed by atoms with E-state index in [1.807, 2.05) is 0 Å². The maximum absolute atomic E-state index is 11.5. The third-order valence-electron chi connectivity index (χ3n) is 0.390. The number of halogens is 2. The summed E-state index contributed by atoms with van der Waals surface area (Å²) in [6, 6.07) is 0. The molecular formula is C4H6F2S. The van der Waals surface area contributed by atoms with Crippen molar-refractivity contribution < 1.29 is 8.78 Å². The number of allylic oxidation sites excluding steroid dienone is 1. The summed E-state index contributed by atoms with van der Waals surface area (Å²) < 4.78 is 23.0. The van der Waals surface area contributed by atoms with Crippen LogP contribution in [0.25, 0.3) is 0 Å². The van der Waals surface area contributed by atoms with Crippen LogP contribution in [-0.2, 0) is 0 Å². The van der Waals surface area contributed by atoms with Crippen molar-refractivity contribution in [3.8, 4) is 0 Å². The molecular weight excluding hydrogens is 118 g/mol. The van der Waals surface area contributed by atoms with Gasteiger partial charge in [-0.05, 0) is 0 Å². The smallest absolute Gasteiger partial charge is 0.194 e. The van der Waals surface area contributed by atoms with Gasteiger partial charge in [0.2, 0.25) is 0 Å². The molecule has 0 aromatic heterocycles. The van der Waals surface area contributed by atoms with E-state index in [0.29, 0.717) is 0 Å². The van der Waals surface area contributed by atoms with Gasteiger partial charge in [-0.3, -0.25) is 0 Å². The number of hydrogen-bond donors (Lipinski definition) is 1. The molecule has 0 aliphatic carbocycles. The average Bonchev–Trinajstić information content (AvgIpc) is 1.30. The quantitative estimate of drug-likeness (QED) is 0.423. The van der Waals surface area contributed by atoms with Gasteiger partial charge in [-0.1, -0.05) is 6.08 Å². The van der Waals surface area contributed by atoms with Crippen molar-refractivity contribution in [2.24, 2.45) is 0 Å². The lowest BCUT2D eigenvalue weighted by molar-refractivity contribution is 0.113. The molecule has 0 amide bonds. The van der Waals surface area contributed by atoms with Crippen molar-refractivity contribution in [2.45, 2.75) is 11.7 Å². The molecule has 0 nitrogen and oxygen atoms in total. The number of thiol groups is 1. The molecule has 0 fully saturated rings. The molecule has 0 saturated carbocycles. The Morgan fingerprint density at radius 1 is 1.71 bits per heavy atom. The molecule has 0 saturated heterocycles. The third kappa shape index (κ3) is 5.95. The lowest BCUT2D eigenvalue weighted by Gasteiger charge is -2.01. The van der Waals surface area contributed by atoms with Crippen LogP contribution in [0.4, 0.5) is 8.78 Å². The van der Waals surface area contributed by atoms with Crippen molar-refractivity contribution in [1.29, 1.82) is 0 Å². The van der Waals surface area contributed by atoms with E-state index in [1.165, 1.54) is 0 Å². The fourth-order valence-corrected chi connectivity index (χ4v) is 0.303. The van der Waals surface area contributed by atoms with Crippen LogP contribution in [0, 0.1) is 0 Å². The molecule has 0 N–H and O–H groups in total. The van der Waals surface area contributed by atoms with Crippen molar-refractivity contribution in [1.82, 2.24) is 0 Å². The number of rotatable bonds is 2. The van der Waals surface area contributed by atoms with Crippen LogP contribution in [0.5, 0.6) is 0 Å². The van der Waals surface area contributed by atoms with Crippen LogP contribution >= 0.6 is 12.6 Å². The Bertz CT molecular complexity index is 64.6. The van der Waals surface area contributed by atoms with Crippen molar-refractivity contribution in [2.75, 3.05) is 0 Å². The molecule has 0 unspecified atom stereocenters. The van der Waals surface area contributed by atoms with E-state index in [1.54, 1.807) is 0 Å². The summed E-state index contributed by atoms with van der Waals surface area (Å²) in [6.07, 6.45) is 0.767. The van der Waals surface area contributed by atoms with Gasteiger partial charge in [-0.15, -0.1) is 19.2 Å². The lowest BCUT2D eigenvalue weighted by atomic mass is 10.4. The normalized spacial score (nSPS) is 11.3. The minimum absolute atomic E-state index is 0.365. The molecule has 0 rings (SSSR count). The zero-order chi connectivity index (χ0) is 5.91. The first-order valence-electron chi connectivity index (χ1n) is 1.77. The fourth-order valence-electron chi connectivity index (χ4n) is 0.174. The van der Waals surface area contributed by atoms with Gasteiger partial charge in [-0.25, -0.2) is 0 Å². The van der Waals surface area contributed by atoms with E-state index in [2.05, 4.69) is 19.2 Å². The molecule has 0 spiro atoms. The van der Waals surface area contributed by atoms with Crippen molar-refractivity contribution in [3.05, 3.63) is 12.7 Å². The predicted octanol–water partition coefficient (Wildman–Crippen LogP) is 2.09. The van der Waals surface area contributed by atoms with Gasteiger partial charge in [0, 0.05) is 6.42 Å². The van der Waals surface area contributed by atoms with Gasteiger partial charge >= 0.3 is 0 Å². The Labute approximate surface area is 46.6 Å². The molecule has 42 valence electrons. The van der Waals surface area contributed by atoms with E-state index in [9.17, 15) is 8.78 Å². The van der Waals surface area contributed by atoms with E-state index in [0.717, 1.165) is 6.08 Å². The van der Waals surface area contributed by atoms with Crippen LogP contribution in [0.3, 0.4) is 0 Å². The van der Waals surface area contributed by atoms with Gasteiger partial charge in [0.15, 0.2) is 0 Å². The lowest BCUT2D eigenvalue weighted by Crippen LogP contribution is -2.01. The molecule has 0 aliphatic rings. The maximum Gasteiger partial charge on any atom is 0.294 e. The minimum atomic E-state index is -2.87.